The lowest BCUT2D eigenvalue weighted by Gasteiger charge is -2.43. The van der Waals surface area contributed by atoms with Gasteiger partial charge in [-0.25, -0.2) is 9.59 Å². The van der Waals surface area contributed by atoms with Crippen LogP contribution in [-0.4, -0.2) is 66.5 Å². The summed E-state index contributed by atoms with van der Waals surface area (Å²) in [6.45, 7) is 9.71. The van der Waals surface area contributed by atoms with E-state index in [4.69, 9.17) is 31.3 Å². The van der Waals surface area contributed by atoms with Crippen molar-refractivity contribution >= 4 is 23.5 Å². The van der Waals surface area contributed by atoms with Crippen LogP contribution >= 0.6 is 11.6 Å². The van der Waals surface area contributed by atoms with E-state index in [0.717, 1.165) is 38.6 Å². The summed E-state index contributed by atoms with van der Waals surface area (Å²) in [6, 6.07) is 7.61. The van der Waals surface area contributed by atoms with Crippen LogP contribution in [-0.2, 0) is 14.3 Å². The fraction of sp³-hybridized carbons (Fsp3) is 0.474. The average molecular weight is 400 g/mol. The van der Waals surface area contributed by atoms with Gasteiger partial charge in [0.15, 0.2) is 0 Å². The SMILES string of the molecule is CCN(CC)CC1(COc2ccccc2Cl)COC1.O=C(O)/C=C\C(=O)O. The maximum Gasteiger partial charge on any atom is 0.328 e. The summed E-state index contributed by atoms with van der Waals surface area (Å²) in [7, 11) is 0. The highest BCUT2D eigenvalue weighted by atomic mass is 35.5. The van der Waals surface area contributed by atoms with Gasteiger partial charge < -0.3 is 24.6 Å². The second-order valence-electron chi connectivity index (χ2n) is 6.18. The second kappa shape index (κ2) is 11.6. The lowest BCUT2D eigenvalue weighted by Crippen LogP contribution is -2.54. The lowest BCUT2D eigenvalue weighted by atomic mass is 9.86. The molecule has 2 N–H and O–H groups in total. The molecule has 7 nitrogen and oxygen atoms in total. The molecule has 2 rings (SSSR count). The van der Waals surface area contributed by atoms with Crippen LogP contribution in [0.4, 0.5) is 0 Å². The third-order valence-corrected chi connectivity index (χ3v) is 4.32. The summed E-state index contributed by atoms with van der Waals surface area (Å²) < 4.78 is 11.3. The number of aliphatic carboxylic acids is 2. The number of hydrogen-bond donors (Lipinski definition) is 2. The molecule has 27 heavy (non-hydrogen) atoms. The quantitative estimate of drug-likeness (QED) is 0.616. The zero-order valence-corrected chi connectivity index (χ0v) is 16.3. The molecule has 1 aromatic rings. The molecule has 1 heterocycles. The smallest absolute Gasteiger partial charge is 0.328 e. The highest BCUT2D eigenvalue weighted by molar-refractivity contribution is 6.32. The highest BCUT2D eigenvalue weighted by Gasteiger charge is 2.40. The van der Waals surface area contributed by atoms with E-state index in [-0.39, 0.29) is 5.41 Å². The molecule has 0 unspecified atom stereocenters. The largest absolute Gasteiger partial charge is 0.491 e. The number of para-hydroxylation sites is 1. The van der Waals surface area contributed by atoms with Crippen LogP contribution in [0.1, 0.15) is 13.8 Å². The molecule has 150 valence electrons. The molecule has 0 saturated carbocycles. The first kappa shape index (κ1) is 23.0. The van der Waals surface area contributed by atoms with Crippen LogP contribution in [0.5, 0.6) is 5.75 Å². The van der Waals surface area contributed by atoms with Gasteiger partial charge >= 0.3 is 11.9 Å². The predicted molar refractivity (Wildman–Crippen MR) is 102 cm³/mol. The van der Waals surface area contributed by atoms with E-state index in [1.165, 1.54) is 0 Å². The maximum atomic E-state index is 9.55. The van der Waals surface area contributed by atoms with Gasteiger partial charge in [0, 0.05) is 18.7 Å². The molecule has 1 aliphatic rings. The Balaban J connectivity index is 0.000000387. The van der Waals surface area contributed by atoms with Gasteiger partial charge in [-0.1, -0.05) is 37.6 Å². The summed E-state index contributed by atoms with van der Waals surface area (Å²) in [5, 5.41) is 16.3. The third kappa shape index (κ3) is 8.43. The first-order valence-corrected chi connectivity index (χ1v) is 9.01. The van der Waals surface area contributed by atoms with Gasteiger partial charge in [0.25, 0.3) is 0 Å². The number of nitrogens with zero attached hydrogens (tertiary/aromatic N) is 1. The van der Waals surface area contributed by atoms with Crippen molar-refractivity contribution in [1.82, 2.24) is 4.90 Å². The number of halogens is 1. The van der Waals surface area contributed by atoms with Crippen LogP contribution in [0.25, 0.3) is 0 Å². The number of hydrogen-bond acceptors (Lipinski definition) is 5. The summed E-state index contributed by atoms with van der Waals surface area (Å²) >= 11 is 6.11. The van der Waals surface area contributed by atoms with Crippen LogP contribution in [0.3, 0.4) is 0 Å². The van der Waals surface area contributed by atoms with E-state index < -0.39 is 11.9 Å². The molecule has 0 aliphatic carbocycles. The van der Waals surface area contributed by atoms with E-state index in [9.17, 15) is 9.59 Å². The Bertz CT molecular complexity index is 625. The third-order valence-electron chi connectivity index (χ3n) is 4.01. The van der Waals surface area contributed by atoms with E-state index in [1.807, 2.05) is 24.3 Å². The van der Waals surface area contributed by atoms with Crippen molar-refractivity contribution in [3.8, 4) is 5.75 Å². The van der Waals surface area contributed by atoms with Crippen LogP contribution < -0.4 is 4.74 Å². The lowest BCUT2D eigenvalue weighted by molar-refractivity contribution is -0.143. The molecule has 0 atom stereocenters. The van der Waals surface area contributed by atoms with Gasteiger partial charge in [-0.05, 0) is 25.2 Å². The van der Waals surface area contributed by atoms with Gasteiger partial charge in [0.1, 0.15) is 5.75 Å². The van der Waals surface area contributed by atoms with Gasteiger partial charge in [-0.2, -0.15) is 0 Å². The molecule has 1 saturated heterocycles. The minimum Gasteiger partial charge on any atom is -0.491 e. The highest BCUT2D eigenvalue weighted by Crippen LogP contribution is 2.31. The Kier molecular flexibility index (Phi) is 9.85. The number of carboxylic acid groups (broad SMARTS) is 2. The maximum absolute atomic E-state index is 9.55. The first-order valence-electron chi connectivity index (χ1n) is 8.63. The molecule has 8 heteroatoms. The normalized spacial score (nSPS) is 15.0. The van der Waals surface area contributed by atoms with E-state index in [2.05, 4.69) is 18.7 Å². The number of carboxylic acids is 2. The Morgan fingerprint density at radius 3 is 2.15 bits per heavy atom. The molecule has 0 bridgehead atoms. The van der Waals surface area contributed by atoms with Crippen molar-refractivity contribution in [2.75, 3.05) is 39.5 Å². The van der Waals surface area contributed by atoms with Crippen molar-refractivity contribution in [3.63, 3.8) is 0 Å². The fourth-order valence-electron chi connectivity index (χ4n) is 2.47. The summed E-state index contributed by atoms with van der Waals surface area (Å²) in [5.74, 6) is -1.75. The average Bonchev–Trinajstić information content (AvgIpc) is 2.61. The Morgan fingerprint density at radius 2 is 1.74 bits per heavy atom. The van der Waals surface area contributed by atoms with Gasteiger partial charge in [-0.3, -0.25) is 0 Å². The fourth-order valence-corrected chi connectivity index (χ4v) is 2.66. The van der Waals surface area contributed by atoms with Crippen molar-refractivity contribution in [2.45, 2.75) is 13.8 Å². The standard InChI is InChI=1S/C15H22ClNO2.C4H4O4/c1-3-17(4-2)9-15(10-18-11-15)12-19-14-8-6-5-7-13(14)16;5-3(6)1-2-4(7)8/h5-8H,3-4,9-12H2,1-2H3;1-2H,(H,5,6)(H,7,8)/b;2-1-. The zero-order chi connectivity index (χ0) is 20.3. The molecule has 1 fully saturated rings. The Morgan fingerprint density at radius 1 is 1.19 bits per heavy atom. The number of rotatable bonds is 9. The Hall–Kier alpha value is -2.09. The van der Waals surface area contributed by atoms with Crippen molar-refractivity contribution in [3.05, 3.63) is 41.4 Å². The minimum absolute atomic E-state index is 0.116. The Labute approximate surface area is 164 Å². The van der Waals surface area contributed by atoms with E-state index in [1.54, 1.807) is 0 Å². The van der Waals surface area contributed by atoms with Crippen molar-refractivity contribution < 1.29 is 29.3 Å². The monoisotopic (exact) mass is 399 g/mol. The minimum atomic E-state index is -1.26. The second-order valence-corrected chi connectivity index (χ2v) is 6.59. The van der Waals surface area contributed by atoms with Crippen LogP contribution in [0.2, 0.25) is 5.02 Å². The molecule has 1 aliphatic heterocycles. The van der Waals surface area contributed by atoms with Crippen LogP contribution in [0, 0.1) is 5.41 Å². The molecule has 0 aromatic heterocycles. The van der Waals surface area contributed by atoms with Gasteiger partial charge in [0.05, 0.1) is 30.3 Å². The molecule has 0 amide bonds. The molecule has 1 aromatic carbocycles. The van der Waals surface area contributed by atoms with E-state index >= 15 is 0 Å². The summed E-state index contributed by atoms with van der Waals surface area (Å²) in [6.07, 6.45) is 1.12. The zero-order valence-electron chi connectivity index (χ0n) is 15.6. The predicted octanol–water partition coefficient (Wildman–Crippen LogP) is 2.79. The number of ether oxygens (including phenoxy) is 2. The topological polar surface area (TPSA) is 96.3 Å². The van der Waals surface area contributed by atoms with E-state index in [0.29, 0.717) is 23.8 Å². The van der Waals surface area contributed by atoms with Crippen molar-refractivity contribution in [1.29, 1.82) is 0 Å². The molecule has 0 spiro atoms. The van der Waals surface area contributed by atoms with Crippen LogP contribution in [0.15, 0.2) is 36.4 Å². The van der Waals surface area contributed by atoms with Crippen molar-refractivity contribution in [2.24, 2.45) is 5.41 Å². The summed E-state index contributed by atoms with van der Waals surface area (Å²) in [5.41, 5.74) is 0.116. The first-order chi connectivity index (χ1) is 12.8. The number of benzene rings is 1. The summed E-state index contributed by atoms with van der Waals surface area (Å²) in [4.78, 5) is 21.5. The molecular weight excluding hydrogens is 374 g/mol. The van der Waals surface area contributed by atoms with Gasteiger partial charge in [0.2, 0.25) is 0 Å². The molecular formula is C19H26ClNO6. The molecule has 0 radical (unpaired) electrons. The van der Waals surface area contributed by atoms with Gasteiger partial charge in [-0.15, -0.1) is 0 Å². The number of carbonyl (C=O) groups is 2.